The van der Waals surface area contributed by atoms with Gasteiger partial charge in [-0.25, -0.2) is 23.5 Å². The summed E-state index contributed by atoms with van der Waals surface area (Å²) in [6.45, 7) is 1.18. The minimum Gasteiger partial charge on any atom is -0.380 e. The Bertz CT molecular complexity index is 853. The van der Waals surface area contributed by atoms with E-state index in [9.17, 15) is 9.59 Å². The lowest BCUT2D eigenvalue weighted by molar-refractivity contribution is -0.125. The van der Waals surface area contributed by atoms with Crippen molar-refractivity contribution in [3.05, 3.63) is 33.1 Å². The molecule has 0 N–H and O–H groups in total. The molecule has 0 aromatic carbocycles. The van der Waals surface area contributed by atoms with Gasteiger partial charge in [0, 0.05) is 7.05 Å². The van der Waals surface area contributed by atoms with Crippen LogP contribution < -0.4 is 11.4 Å². The van der Waals surface area contributed by atoms with Gasteiger partial charge in [-0.05, 0) is 12.8 Å². The van der Waals surface area contributed by atoms with Crippen LogP contribution in [0.2, 0.25) is 0 Å². The third-order valence-corrected chi connectivity index (χ3v) is 7.05. The fraction of sp³-hybridized carbons (Fsp3) is 0.733. The molecule has 1 saturated carbocycles. The van der Waals surface area contributed by atoms with Crippen molar-refractivity contribution < 1.29 is 4.74 Å². The third-order valence-electron chi connectivity index (χ3n) is 7.05. The van der Waals surface area contributed by atoms with E-state index in [1.54, 1.807) is 16.4 Å². The van der Waals surface area contributed by atoms with E-state index in [-0.39, 0.29) is 46.4 Å². The second-order valence-electron chi connectivity index (χ2n) is 7.50. The number of ether oxygens (including phenoxy) is 1. The van der Waals surface area contributed by atoms with Crippen molar-refractivity contribution in [1.29, 1.82) is 0 Å². The normalized spacial score (nSPS) is 47.7. The van der Waals surface area contributed by atoms with E-state index >= 15 is 0 Å². The van der Waals surface area contributed by atoms with Crippen molar-refractivity contribution in [2.75, 3.05) is 13.2 Å². The van der Waals surface area contributed by atoms with Gasteiger partial charge in [0.1, 0.15) is 0 Å². The summed E-state index contributed by atoms with van der Waals surface area (Å²) in [5, 5.41) is 9.12. The van der Waals surface area contributed by atoms with Crippen molar-refractivity contribution in [3.63, 3.8) is 0 Å². The number of aromatic nitrogens is 3. The number of azo groups is 1. The maximum atomic E-state index is 12.7. The Balaban J connectivity index is 1.77. The molecule has 1 aromatic rings. The van der Waals surface area contributed by atoms with Crippen molar-refractivity contribution in [3.8, 4) is 0 Å². The molecule has 0 amide bonds. The van der Waals surface area contributed by atoms with Crippen LogP contribution in [-0.4, -0.2) is 39.2 Å². The van der Waals surface area contributed by atoms with E-state index in [1.807, 2.05) is 0 Å². The summed E-state index contributed by atoms with van der Waals surface area (Å²) in [6.07, 6.45) is 6.16. The van der Waals surface area contributed by atoms with Gasteiger partial charge in [-0.2, -0.15) is 10.2 Å². The fourth-order valence-electron chi connectivity index (χ4n) is 6.13. The topological polar surface area (TPSA) is 82.9 Å². The second kappa shape index (κ2) is 3.43. The zero-order valence-corrected chi connectivity index (χ0v) is 12.8. The molecular weight excluding hydrogens is 298 g/mol. The van der Waals surface area contributed by atoms with Crippen molar-refractivity contribution in [1.82, 2.24) is 13.9 Å². The monoisotopic (exact) mass is 315 g/mol. The van der Waals surface area contributed by atoms with Crippen LogP contribution in [0, 0.1) is 10.8 Å². The molecule has 8 heteroatoms. The Kier molecular flexibility index (Phi) is 1.86. The quantitative estimate of drug-likeness (QED) is 0.633. The molecule has 2 fully saturated rings. The Morgan fingerprint density at radius 2 is 1.48 bits per heavy atom. The Hall–Kier alpha value is -1.96. The largest absolute Gasteiger partial charge is 0.380 e. The van der Waals surface area contributed by atoms with E-state index in [1.165, 1.54) is 4.57 Å². The zero-order valence-electron chi connectivity index (χ0n) is 12.8. The van der Waals surface area contributed by atoms with E-state index in [0.717, 1.165) is 12.8 Å². The third kappa shape index (κ3) is 0.969. The molecule has 8 nitrogen and oxygen atoms in total. The molecule has 0 spiro atoms. The van der Waals surface area contributed by atoms with E-state index in [0.29, 0.717) is 13.2 Å². The first-order chi connectivity index (χ1) is 11.1. The first kappa shape index (κ1) is 12.5. The van der Waals surface area contributed by atoms with Gasteiger partial charge in [0.15, 0.2) is 0 Å². The standard InChI is InChI=1S/C15H17N5O3/c1-18-12(21)19-10-4-5-11(20(19)13(18)22)15-7-23-6-14(10,15)8-2-3-9(15)17-16-8/h4-5,8-11H,2-3,6-7H2,1H3/t8-,9+,10-,11+,14+,15-. The maximum Gasteiger partial charge on any atom is 0.347 e. The number of hydrogen-bond donors (Lipinski definition) is 0. The molecule has 23 heavy (non-hydrogen) atoms. The molecule has 0 unspecified atom stereocenters. The van der Waals surface area contributed by atoms with Gasteiger partial charge in [-0.15, -0.1) is 0 Å². The molecule has 120 valence electrons. The number of nitrogens with zero attached hydrogens (tertiary/aromatic N) is 5. The highest BCUT2D eigenvalue weighted by Gasteiger charge is 2.77. The van der Waals surface area contributed by atoms with Gasteiger partial charge >= 0.3 is 11.4 Å². The zero-order chi connectivity index (χ0) is 15.6. The average molecular weight is 315 g/mol. The predicted molar refractivity (Wildman–Crippen MR) is 78.5 cm³/mol. The van der Waals surface area contributed by atoms with Crippen LogP contribution in [-0.2, 0) is 11.8 Å². The minimum absolute atomic E-state index is 0.0726. The molecule has 6 atom stereocenters. The summed E-state index contributed by atoms with van der Waals surface area (Å²) in [5.41, 5.74) is -0.978. The summed E-state index contributed by atoms with van der Waals surface area (Å²) >= 11 is 0. The van der Waals surface area contributed by atoms with Gasteiger partial charge < -0.3 is 4.74 Å². The summed E-state index contributed by atoms with van der Waals surface area (Å²) in [4.78, 5) is 25.3. The highest BCUT2D eigenvalue weighted by Crippen LogP contribution is 2.71. The van der Waals surface area contributed by atoms with Crippen molar-refractivity contribution >= 4 is 0 Å². The van der Waals surface area contributed by atoms with Crippen LogP contribution in [0.5, 0.6) is 0 Å². The van der Waals surface area contributed by atoms with Gasteiger partial charge in [-0.1, -0.05) is 12.2 Å². The van der Waals surface area contributed by atoms with Gasteiger partial charge in [0.2, 0.25) is 0 Å². The number of fused-ring (bicyclic) bond motifs is 1. The van der Waals surface area contributed by atoms with Crippen molar-refractivity contribution in [2.24, 2.45) is 28.1 Å². The molecule has 6 heterocycles. The second-order valence-corrected chi connectivity index (χ2v) is 7.50. The molecule has 5 aliphatic heterocycles. The molecular formula is C15H17N5O3. The first-order valence-corrected chi connectivity index (χ1v) is 8.19. The number of allylic oxidation sites excluding steroid dienone is 2. The highest BCUT2D eigenvalue weighted by molar-refractivity contribution is 5.33. The minimum atomic E-state index is -0.248. The smallest absolute Gasteiger partial charge is 0.347 e. The first-order valence-electron chi connectivity index (χ1n) is 8.19. The Labute approximate surface area is 131 Å². The molecule has 1 saturated heterocycles. The number of rotatable bonds is 0. The Morgan fingerprint density at radius 1 is 1.00 bits per heavy atom. The Morgan fingerprint density at radius 3 is 1.91 bits per heavy atom. The predicted octanol–water partition coefficient (Wildman–Crippen LogP) is 0.0139. The fourth-order valence-corrected chi connectivity index (χ4v) is 6.13. The SMILES string of the molecule is Cn1c(=O)n2n(c1=O)[C@@H]1C=C[C@H]2[C@]23COC[C@]12[C@H]1CC[C@@H]3N=N1. The summed E-state index contributed by atoms with van der Waals surface area (Å²) in [5.74, 6) is 0. The summed E-state index contributed by atoms with van der Waals surface area (Å²) in [6, 6.07) is -0.210. The average Bonchev–Trinajstić information content (AvgIpc) is 3.14. The lowest BCUT2D eigenvalue weighted by Gasteiger charge is -2.64. The molecule has 0 radical (unpaired) electrons. The molecule has 1 aromatic heterocycles. The maximum absolute atomic E-state index is 12.7. The van der Waals surface area contributed by atoms with Crippen LogP contribution in [0.25, 0.3) is 0 Å². The van der Waals surface area contributed by atoms with Crippen LogP contribution >= 0.6 is 0 Å². The van der Waals surface area contributed by atoms with Crippen LogP contribution in [0.4, 0.5) is 0 Å². The molecule has 4 bridgehead atoms. The lowest BCUT2D eigenvalue weighted by Crippen LogP contribution is -2.71. The number of hydrogen-bond acceptors (Lipinski definition) is 5. The summed E-state index contributed by atoms with van der Waals surface area (Å²) in [7, 11) is 1.55. The highest BCUT2D eigenvalue weighted by atomic mass is 16.5. The van der Waals surface area contributed by atoms with Gasteiger partial charge in [0.25, 0.3) is 0 Å². The molecule has 8 rings (SSSR count). The van der Waals surface area contributed by atoms with Crippen LogP contribution in [0.3, 0.4) is 0 Å². The lowest BCUT2D eigenvalue weighted by atomic mass is 9.45. The van der Waals surface area contributed by atoms with Crippen molar-refractivity contribution in [2.45, 2.75) is 37.0 Å². The van der Waals surface area contributed by atoms with E-state index < -0.39 is 0 Å². The van der Waals surface area contributed by atoms with E-state index in [2.05, 4.69) is 22.4 Å². The van der Waals surface area contributed by atoms with Crippen LogP contribution in [0.1, 0.15) is 24.9 Å². The van der Waals surface area contributed by atoms with Gasteiger partial charge in [-0.3, -0.25) is 0 Å². The molecule has 7 aliphatic rings. The summed E-state index contributed by atoms with van der Waals surface area (Å²) < 4.78 is 10.5. The van der Waals surface area contributed by atoms with Gasteiger partial charge in [0.05, 0.1) is 48.2 Å². The molecule has 2 aliphatic carbocycles. The van der Waals surface area contributed by atoms with Crippen LogP contribution in [0.15, 0.2) is 32.0 Å². The van der Waals surface area contributed by atoms with E-state index in [4.69, 9.17) is 4.74 Å².